The standard InChI is InChI=1S/C25H26ClNO4/c1-25(2)13-20-24(21(28)14-25)19(18-11-17(30-3)8-9-22(18)31-4)12-23(29)27(20)16-7-5-6-15(26)10-16/h5-11,19H,12-14H2,1-4H3. The second kappa shape index (κ2) is 8.04. The number of rotatable bonds is 4. The van der Waals surface area contributed by atoms with Gasteiger partial charge >= 0.3 is 0 Å². The molecule has 31 heavy (non-hydrogen) atoms. The van der Waals surface area contributed by atoms with Gasteiger partial charge in [0, 0.05) is 40.6 Å². The second-order valence-corrected chi connectivity index (χ2v) is 9.31. The van der Waals surface area contributed by atoms with Crippen molar-refractivity contribution in [3.05, 3.63) is 64.3 Å². The van der Waals surface area contributed by atoms with E-state index in [9.17, 15) is 9.59 Å². The SMILES string of the molecule is COc1ccc(OC)c(C2CC(=O)N(c3cccc(Cl)c3)C3=C2C(=O)CC(C)(C)C3)c1. The van der Waals surface area contributed by atoms with Crippen LogP contribution in [0.1, 0.15) is 44.6 Å². The van der Waals surface area contributed by atoms with Crippen molar-refractivity contribution in [3.63, 3.8) is 0 Å². The van der Waals surface area contributed by atoms with Gasteiger partial charge in [0.2, 0.25) is 5.91 Å². The van der Waals surface area contributed by atoms with E-state index >= 15 is 0 Å². The number of methoxy groups -OCH3 is 2. The van der Waals surface area contributed by atoms with Crippen molar-refractivity contribution < 1.29 is 19.1 Å². The Morgan fingerprint density at radius 2 is 1.81 bits per heavy atom. The monoisotopic (exact) mass is 439 g/mol. The van der Waals surface area contributed by atoms with Gasteiger partial charge in [0.05, 0.1) is 19.9 Å². The molecule has 2 aromatic carbocycles. The number of hydrogen-bond acceptors (Lipinski definition) is 4. The lowest BCUT2D eigenvalue weighted by atomic mass is 9.69. The molecule has 1 amide bonds. The predicted molar refractivity (Wildman–Crippen MR) is 121 cm³/mol. The fourth-order valence-electron chi connectivity index (χ4n) is 4.71. The van der Waals surface area contributed by atoms with Crippen molar-refractivity contribution in [2.24, 2.45) is 5.41 Å². The van der Waals surface area contributed by atoms with E-state index in [1.54, 1.807) is 31.3 Å². The molecule has 6 heteroatoms. The molecular formula is C25H26ClNO4. The molecule has 1 unspecified atom stereocenters. The maximum Gasteiger partial charge on any atom is 0.232 e. The van der Waals surface area contributed by atoms with E-state index in [2.05, 4.69) is 13.8 Å². The Bertz CT molecular complexity index is 1090. The molecule has 0 N–H and O–H groups in total. The maximum atomic E-state index is 13.5. The van der Waals surface area contributed by atoms with E-state index in [1.165, 1.54) is 0 Å². The number of carbonyl (C=O) groups excluding carboxylic acids is 2. The molecule has 162 valence electrons. The third kappa shape index (κ3) is 3.94. The number of benzene rings is 2. The first-order valence-electron chi connectivity index (χ1n) is 10.3. The van der Waals surface area contributed by atoms with Crippen LogP contribution in [-0.4, -0.2) is 25.9 Å². The van der Waals surface area contributed by atoms with Crippen molar-refractivity contribution in [1.82, 2.24) is 0 Å². The Balaban J connectivity index is 1.94. The maximum absolute atomic E-state index is 13.5. The van der Waals surface area contributed by atoms with Crippen LogP contribution in [0, 0.1) is 5.41 Å². The molecule has 0 bridgehead atoms. The first kappa shape index (κ1) is 21.4. The molecule has 5 nitrogen and oxygen atoms in total. The number of ketones is 1. The lowest BCUT2D eigenvalue weighted by Gasteiger charge is -2.43. The van der Waals surface area contributed by atoms with Crippen LogP contribution >= 0.6 is 11.6 Å². The van der Waals surface area contributed by atoms with Gasteiger partial charge in [-0.25, -0.2) is 0 Å². The van der Waals surface area contributed by atoms with Crippen LogP contribution in [0.5, 0.6) is 11.5 Å². The lowest BCUT2D eigenvalue weighted by molar-refractivity contribution is -0.121. The average Bonchev–Trinajstić information content (AvgIpc) is 2.71. The van der Waals surface area contributed by atoms with Crippen LogP contribution in [0.25, 0.3) is 0 Å². The Hall–Kier alpha value is -2.79. The molecule has 0 spiro atoms. The van der Waals surface area contributed by atoms with Gasteiger partial charge in [0.1, 0.15) is 11.5 Å². The zero-order valence-corrected chi connectivity index (χ0v) is 19.0. The summed E-state index contributed by atoms with van der Waals surface area (Å²) in [7, 11) is 3.19. The van der Waals surface area contributed by atoms with E-state index in [0.717, 1.165) is 11.3 Å². The average molecular weight is 440 g/mol. The van der Waals surface area contributed by atoms with Gasteiger partial charge in [-0.05, 0) is 48.2 Å². The quantitative estimate of drug-likeness (QED) is 0.629. The minimum Gasteiger partial charge on any atom is -0.497 e. The highest BCUT2D eigenvalue weighted by Crippen LogP contribution is 2.50. The summed E-state index contributed by atoms with van der Waals surface area (Å²) in [6, 6.07) is 12.7. The van der Waals surface area contributed by atoms with Gasteiger partial charge in [-0.2, -0.15) is 0 Å². The molecule has 0 saturated heterocycles. The molecule has 1 atom stereocenters. The van der Waals surface area contributed by atoms with Crippen molar-refractivity contribution >= 4 is 29.0 Å². The molecular weight excluding hydrogens is 414 g/mol. The summed E-state index contributed by atoms with van der Waals surface area (Å²) in [6.07, 6.45) is 1.22. The molecule has 0 fully saturated rings. The minimum absolute atomic E-state index is 0.0682. The molecule has 2 aromatic rings. The van der Waals surface area contributed by atoms with Crippen molar-refractivity contribution in [2.45, 2.75) is 39.0 Å². The highest BCUT2D eigenvalue weighted by Gasteiger charge is 2.45. The summed E-state index contributed by atoms with van der Waals surface area (Å²) in [6.45, 7) is 4.12. The van der Waals surface area contributed by atoms with Crippen molar-refractivity contribution in [1.29, 1.82) is 0 Å². The van der Waals surface area contributed by atoms with Crippen LogP contribution in [0.15, 0.2) is 53.7 Å². The summed E-state index contributed by atoms with van der Waals surface area (Å²) >= 11 is 6.22. The number of halogens is 1. The molecule has 1 aliphatic heterocycles. The molecule has 0 saturated carbocycles. The summed E-state index contributed by atoms with van der Waals surface area (Å²) in [5, 5.41) is 0.547. The number of ether oxygens (including phenoxy) is 2. The number of Topliss-reactive ketones (excluding diaryl/α,β-unsaturated/α-hetero) is 1. The van der Waals surface area contributed by atoms with Gasteiger partial charge in [-0.3, -0.25) is 14.5 Å². The third-order valence-corrected chi connectivity index (χ3v) is 6.26. The number of carbonyl (C=O) groups is 2. The Labute approximate surface area is 187 Å². The number of hydrogen-bond donors (Lipinski definition) is 0. The van der Waals surface area contributed by atoms with Crippen LogP contribution in [0.4, 0.5) is 5.69 Å². The van der Waals surface area contributed by atoms with Crippen molar-refractivity contribution in [2.75, 3.05) is 19.1 Å². The number of allylic oxidation sites excluding steroid dienone is 2. The Morgan fingerprint density at radius 1 is 1.03 bits per heavy atom. The van der Waals surface area contributed by atoms with Gasteiger partial charge in [-0.1, -0.05) is 31.5 Å². The summed E-state index contributed by atoms with van der Waals surface area (Å²) < 4.78 is 11.0. The number of nitrogens with zero attached hydrogens (tertiary/aromatic N) is 1. The van der Waals surface area contributed by atoms with E-state index in [-0.39, 0.29) is 29.4 Å². The molecule has 1 aliphatic carbocycles. The van der Waals surface area contributed by atoms with Crippen LogP contribution < -0.4 is 14.4 Å². The minimum atomic E-state index is -0.383. The fourth-order valence-corrected chi connectivity index (χ4v) is 4.89. The van der Waals surface area contributed by atoms with Gasteiger partial charge in [-0.15, -0.1) is 0 Å². The zero-order chi connectivity index (χ0) is 22.3. The van der Waals surface area contributed by atoms with Crippen molar-refractivity contribution in [3.8, 4) is 11.5 Å². The normalized spacial score (nSPS) is 20.5. The first-order chi connectivity index (χ1) is 14.7. The topological polar surface area (TPSA) is 55.8 Å². The smallest absolute Gasteiger partial charge is 0.232 e. The van der Waals surface area contributed by atoms with Gasteiger partial charge in [0.15, 0.2) is 5.78 Å². The van der Waals surface area contributed by atoms with E-state index in [0.29, 0.717) is 40.6 Å². The van der Waals surface area contributed by atoms with E-state index in [4.69, 9.17) is 21.1 Å². The number of amides is 1. The van der Waals surface area contributed by atoms with Crippen LogP contribution in [0.2, 0.25) is 5.02 Å². The Morgan fingerprint density at radius 3 is 2.48 bits per heavy atom. The molecule has 4 rings (SSSR count). The first-order valence-corrected chi connectivity index (χ1v) is 10.7. The summed E-state index contributed by atoms with van der Waals surface area (Å²) in [5.74, 6) is 0.916. The summed E-state index contributed by atoms with van der Waals surface area (Å²) in [4.78, 5) is 28.6. The largest absolute Gasteiger partial charge is 0.497 e. The highest BCUT2D eigenvalue weighted by atomic mass is 35.5. The molecule has 0 aromatic heterocycles. The van der Waals surface area contributed by atoms with Gasteiger partial charge < -0.3 is 9.47 Å². The lowest BCUT2D eigenvalue weighted by Crippen LogP contribution is -2.43. The van der Waals surface area contributed by atoms with E-state index < -0.39 is 0 Å². The van der Waals surface area contributed by atoms with Crippen LogP contribution in [0.3, 0.4) is 0 Å². The van der Waals surface area contributed by atoms with E-state index in [1.807, 2.05) is 30.3 Å². The number of anilines is 1. The predicted octanol–water partition coefficient (Wildman–Crippen LogP) is 5.52. The Kier molecular flexibility index (Phi) is 5.56. The van der Waals surface area contributed by atoms with Crippen LogP contribution in [-0.2, 0) is 9.59 Å². The third-order valence-electron chi connectivity index (χ3n) is 6.02. The zero-order valence-electron chi connectivity index (χ0n) is 18.2. The summed E-state index contributed by atoms with van der Waals surface area (Å²) in [5.41, 5.74) is 2.68. The molecule has 0 radical (unpaired) electrons. The molecule has 2 aliphatic rings. The van der Waals surface area contributed by atoms with Gasteiger partial charge in [0.25, 0.3) is 0 Å². The fraction of sp³-hybridized carbons (Fsp3) is 0.360. The highest BCUT2D eigenvalue weighted by molar-refractivity contribution is 6.31. The molecule has 1 heterocycles. The second-order valence-electron chi connectivity index (χ2n) is 8.87.